The van der Waals surface area contributed by atoms with Crippen molar-refractivity contribution >= 4 is 11.6 Å². The summed E-state index contributed by atoms with van der Waals surface area (Å²) in [4.78, 5) is 12.6. The summed E-state index contributed by atoms with van der Waals surface area (Å²) in [6.07, 6.45) is 0.485. The molecule has 0 aliphatic carbocycles. The molecule has 0 N–H and O–H groups in total. The molecule has 1 rings (SSSR count). The van der Waals surface area contributed by atoms with E-state index in [4.69, 9.17) is 0 Å². The van der Waals surface area contributed by atoms with E-state index in [0.29, 0.717) is 6.42 Å². The third-order valence-corrected chi connectivity index (χ3v) is 1.67. The number of carbonyl (C=O) groups excluding carboxylic acids is 1. The zero-order valence-corrected chi connectivity index (χ0v) is 7.16. The van der Waals surface area contributed by atoms with E-state index in [1.54, 1.807) is 0 Å². The lowest BCUT2D eigenvalue weighted by Gasteiger charge is -2.15. The van der Waals surface area contributed by atoms with Gasteiger partial charge in [-0.1, -0.05) is 25.1 Å². The van der Waals surface area contributed by atoms with Crippen molar-refractivity contribution in [3.05, 3.63) is 37.4 Å². The molecule has 0 heterocycles. The van der Waals surface area contributed by atoms with Gasteiger partial charge in [0.2, 0.25) is 5.91 Å². The third kappa shape index (κ3) is 1.84. The Balaban J connectivity index is 2.78. The van der Waals surface area contributed by atoms with Crippen LogP contribution in [0.4, 0.5) is 5.69 Å². The van der Waals surface area contributed by atoms with Gasteiger partial charge in [-0.25, -0.2) is 0 Å². The SMILES string of the molecule is [CH2]N(C(=O)CC)c1ccccc1. The van der Waals surface area contributed by atoms with Gasteiger partial charge in [-0.15, -0.1) is 0 Å². The van der Waals surface area contributed by atoms with Crippen LogP contribution in [-0.2, 0) is 4.79 Å². The number of hydrogen-bond acceptors (Lipinski definition) is 1. The van der Waals surface area contributed by atoms with Gasteiger partial charge in [0, 0.05) is 19.2 Å². The Hall–Kier alpha value is -1.31. The first kappa shape index (κ1) is 8.78. The summed E-state index contributed by atoms with van der Waals surface area (Å²) in [6.45, 7) is 1.82. The van der Waals surface area contributed by atoms with Gasteiger partial charge in [-0.2, -0.15) is 0 Å². The molecule has 0 aliphatic rings. The van der Waals surface area contributed by atoms with Crippen molar-refractivity contribution in [3.8, 4) is 0 Å². The second-order valence-corrected chi connectivity index (χ2v) is 2.51. The lowest BCUT2D eigenvalue weighted by atomic mass is 10.3. The number of benzene rings is 1. The first-order valence-corrected chi connectivity index (χ1v) is 3.94. The summed E-state index contributed by atoms with van der Waals surface area (Å²) < 4.78 is 0. The van der Waals surface area contributed by atoms with E-state index < -0.39 is 0 Å². The Kier molecular flexibility index (Phi) is 2.86. The molecule has 0 saturated carbocycles. The van der Waals surface area contributed by atoms with Gasteiger partial charge in [-0.3, -0.25) is 4.79 Å². The van der Waals surface area contributed by atoms with Crippen molar-refractivity contribution in [2.24, 2.45) is 0 Å². The van der Waals surface area contributed by atoms with E-state index in [9.17, 15) is 4.79 Å². The Bertz CT molecular complexity index is 256. The smallest absolute Gasteiger partial charge is 0.226 e. The monoisotopic (exact) mass is 162 g/mol. The highest BCUT2D eigenvalue weighted by Crippen LogP contribution is 2.12. The standard InChI is InChI=1S/C10H12NO/c1-3-10(12)11(2)9-7-5-4-6-8-9/h4-8H,2-3H2,1H3. The molecule has 12 heavy (non-hydrogen) atoms. The van der Waals surface area contributed by atoms with E-state index in [0.717, 1.165) is 5.69 Å². The van der Waals surface area contributed by atoms with Crippen molar-refractivity contribution in [2.45, 2.75) is 13.3 Å². The lowest BCUT2D eigenvalue weighted by molar-refractivity contribution is -0.117. The summed E-state index contributed by atoms with van der Waals surface area (Å²) in [5.41, 5.74) is 0.837. The minimum absolute atomic E-state index is 0.0289. The van der Waals surface area contributed by atoms with Crippen LogP contribution in [0, 0.1) is 7.05 Å². The predicted molar refractivity (Wildman–Crippen MR) is 49.6 cm³/mol. The Morgan fingerprint density at radius 3 is 2.50 bits per heavy atom. The molecule has 2 nitrogen and oxygen atoms in total. The molecular formula is C10H12NO. The summed E-state index contributed by atoms with van der Waals surface area (Å²) >= 11 is 0. The number of carbonyl (C=O) groups is 1. The minimum atomic E-state index is 0.0289. The number of hydrogen-bond donors (Lipinski definition) is 0. The fourth-order valence-corrected chi connectivity index (χ4v) is 0.943. The van der Waals surface area contributed by atoms with Crippen molar-refractivity contribution in [2.75, 3.05) is 4.90 Å². The van der Waals surface area contributed by atoms with E-state index in [1.807, 2.05) is 37.3 Å². The molecule has 1 amide bonds. The highest BCUT2D eigenvalue weighted by molar-refractivity contribution is 5.93. The minimum Gasteiger partial charge on any atom is -0.311 e. The van der Waals surface area contributed by atoms with Crippen molar-refractivity contribution in [3.63, 3.8) is 0 Å². The number of nitrogens with zero attached hydrogens (tertiary/aromatic N) is 1. The van der Waals surface area contributed by atoms with Crippen LogP contribution < -0.4 is 4.90 Å². The van der Waals surface area contributed by atoms with Gasteiger partial charge in [0.25, 0.3) is 0 Å². The van der Waals surface area contributed by atoms with Gasteiger partial charge >= 0.3 is 0 Å². The zero-order chi connectivity index (χ0) is 8.97. The summed E-state index contributed by atoms with van der Waals surface area (Å²) in [5, 5.41) is 0. The van der Waals surface area contributed by atoms with Crippen LogP contribution in [0.5, 0.6) is 0 Å². The molecule has 63 valence electrons. The van der Waals surface area contributed by atoms with Crippen LogP contribution in [0.1, 0.15) is 13.3 Å². The van der Waals surface area contributed by atoms with Crippen LogP contribution in [-0.4, -0.2) is 5.91 Å². The van der Waals surface area contributed by atoms with Crippen LogP contribution in [0.3, 0.4) is 0 Å². The fourth-order valence-electron chi connectivity index (χ4n) is 0.943. The van der Waals surface area contributed by atoms with E-state index in [1.165, 1.54) is 4.90 Å². The molecule has 0 saturated heterocycles. The van der Waals surface area contributed by atoms with Crippen molar-refractivity contribution in [1.29, 1.82) is 0 Å². The van der Waals surface area contributed by atoms with E-state index in [2.05, 4.69) is 7.05 Å². The first-order valence-electron chi connectivity index (χ1n) is 3.94. The van der Waals surface area contributed by atoms with Crippen LogP contribution in [0.2, 0.25) is 0 Å². The number of amides is 1. The fraction of sp³-hybridized carbons (Fsp3) is 0.200. The second kappa shape index (κ2) is 3.90. The largest absolute Gasteiger partial charge is 0.311 e. The highest BCUT2D eigenvalue weighted by Gasteiger charge is 2.06. The number of anilines is 1. The van der Waals surface area contributed by atoms with Gasteiger partial charge in [-0.05, 0) is 12.1 Å². The molecule has 2 heteroatoms. The molecule has 0 aromatic heterocycles. The lowest BCUT2D eigenvalue weighted by Crippen LogP contribution is -2.22. The Morgan fingerprint density at radius 1 is 1.42 bits per heavy atom. The van der Waals surface area contributed by atoms with Crippen LogP contribution >= 0.6 is 0 Å². The summed E-state index contributed by atoms with van der Waals surface area (Å²) in [7, 11) is 3.66. The maximum atomic E-state index is 11.2. The van der Waals surface area contributed by atoms with Crippen LogP contribution in [0.25, 0.3) is 0 Å². The van der Waals surface area contributed by atoms with Crippen molar-refractivity contribution in [1.82, 2.24) is 0 Å². The molecule has 0 bridgehead atoms. The molecule has 1 radical (unpaired) electrons. The molecule has 1 aromatic carbocycles. The van der Waals surface area contributed by atoms with Gasteiger partial charge < -0.3 is 4.90 Å². The van der Waals surface area contributed by atoms with Crippen molar-refractivity contribution < 1.29 is 4.79 Å². The Labute approximate surface area is 72.8 Å². The zero-order valence-electron chi connectivity index (χ0n) is 7.16. The number of para-hydroxylation sites is 1. The van der Waals surface area contributed by atoms with Gasteiger partial charge in [0.05, 0.1) is 0 Å². The normalized spacial score (nSPS) is 9.50. The number of rotatable bonds is 2. The molecule has 0 unspecified atom stereocenters. The maximum Gasteiger partial charge on any atom is 0.226 e. The third-order valence-electron chi connectivity index (χ3n) is 1.67. The van der Waals surface area contributed by atoms with Gasteiger partial charge in [0.1, 0.15) is 0 Å². The molecule has 0 atom stereocenters. The molecule has 0 aliphatic heterocycles. The highest BCUT2D eigenvalue weighted by atomic mass is 16.2. The van der Waals surface area contributed by atoms with Crippen LogP contribution in [0.15, 0.2) is 30.3 Å². The predicted octanol–water partition coefficient (Wildman–Crippen LogP) is 2.22. The topological polar surface area (TPSA) is 20.3 Å². The molecule has 0 spiro atoms. The average molecular weight is 162 g/mol. The first-order chi connectivity index (χ1) is 5.75. The van der Waals surface area contributed by atoms with Gasteiger partial charge in [0.15, 0.2) is 0 Å². The summed E-state index contributed by atoms with van der Waals surface area (Å²) in [5.74, 6) is 0.0289. The second-order valence-electron chi connectivity index (χ2n) is 2.51. The van der Waals surface area contributed by atoms with E-state index >= 15 is 0 Å². The maximum absolute atomic E-state index is 11.2. The Morgan fingerprint density at radius 2 is 2.00 bits per heavy atom. The summed E-state index contributed by atoms with van der Waals surface area (Å²) in [6, 6.07) is 9.40. The van der Waals surface area contributed by atoms with E-state index in [-0.39, 0.29) is 5.91 Å². The average Bonchev–Trinajstić information content (AvgIpc) is 2.17. The quantitative estimate of drug-likeness (QED) is 0.653. The molecule has 0 fully saturated rings. The molecule has 1 aromatic rings. The molecular weight excluding hydrogens is 150 g/mol.